The molecule has 0 aromatic heterocycles. The van der Waals surface area contributed by atoms with Crippen molar-refractivity contribution in [2.45, 2.75) is 6.92 Å². The van der Waals surface area contributed by atoms with Crippen LogP contribution in [0.25, 0.3) is 6.08 Å². The zero-order chi connectivity index (χ0) is 19.7. The van der Waals surface area contributed by atoms with Crippen molar-refractivity contribution in [3.8, 4) is 11.5 Å². The standard InChI is InChI=1S/C23H15FO4/c1-14-6-8-15(9-7-14)12-21-22(25)18-11-10-16(13-20(18)28-21)27-23(26)17-4-2-3-5-19(17)24/h2-13H,1H3/b21-12-. The first-order chi connectivity index (χ1) is 13.5. The molecule has 4 rings (SSSR count). The van der Waals surface area contributed by atoms with Gasteiger partial charge in [-0.25, -0.2) is 9.18 Å². The Kier molecular flexibility index (Phi) is 4.49. The number of benzene rings is 3. The summed E-state index contributed by atoms with van der Waals surface area (Å²) in [5.74, 6) is -1.08. The maximum atomic E-state index is 13.7. The highest BCUT2D eigenvalue weighted by atomic mass is 19.1. The summed E-state index contributed by atoms with van der Waals surface area (Å²) >= 11 is 0. The van der Waals surface area contributed by atoms with E-state index < -0.39 is 11.8 Å². The van der Waals surface area contributed by atoms with Crippen molar-refractivity contribution in [1.29, 1.82) is 0 Å². The number of halogens is 1. The Labute approximate surface area is 160 Å². The van der Waals surface area contributed by atoms with Gasteiger partial charge in [-0.15, -0.1) is 0 Å². The molecular weight excluding hydrogens is 359 g/mol. The third kappa shape index (κ3) is 3.42. The molecule has 0 aliphatic carbocycles. The molecule has 3 aromatic rings. The summed E-state index contributed by atoms with van der Waals surface area (Å²) in [5.41, 5.74) is 2.17. The second-order valence-corrected chi connectivity index (χ2v) is 6.38. The van der Waals surface area contributed by atoms with E-state index in [1.54, 1.807) is 12.1 Å². The van der Waals surface area contributed by atoms with Crippen molar-refractivity contribution < 1.29 is 23.5 Å². The molecule has 5 heteroatoms. The summed E-state index contributed by atoms with van der Waals surface area (Å²) in [7, 11) is 0. The molecule has 0 atom stereocenters. The molecule has 0 saturated carbocycles. The van der Waals surface area contributed by atoms with Crippen molar-refractivity contribution >= 4 is 17.8 Å². The molecule has 0 radical (unpaired) electrons. The van der Waals surface area contributed by atoms with Gasteiger partial charge >= 0.3 is 5.97 Å². The molecule has 0 N–H and O–H groups in total. The molecule has 0 unspecified atom stereocenters. The Hall–Kier alpha value is -3.73. The average molecular weight is 374 g/mol. The van der Waals surface area contributed by atoms with Crippen LogP contribution in [-0.4, -0.2) is 11.8 Å². The minimum atomic E-state index is -0.821. The van der Waals surface area contributed by atoms with Crippen LogP contribution in [0.4, 0.5) is 4.39 Å². The lowest BCUT2D eigenvalue weighted by atomic mass is 10.1. The number of Topliss-reactive ketones (excluding diaryl/α,β-unsaturated/α-hetero) is 1. The van der Waals surface area contributed by atoms with Crippen molar-refractivity contribution in [2.75, 3.05) is 0 Å². The van der Waals surface area contributed by atoms with Crippen LogP contribution in [0, 0.1) is 12.7 Å². The molecule has 0 bridgehead atoms. The molecule has 1 aliphatic heterocycles. The third-order valence-electron chi connectivity index (χ3n) is 4.32. The number of ether oxygens (including phenoxy) is 2. The number of carbonyl (C=O) groups is 2. The Balaban J connectivity index is 1.56. The van der Waals surface area contributed by atoms with E-state index in [0.29, 0.717) is 11.3 Å². The predicted octanol–water partition coefficient (Wildman–Crippen LogP) is 4.97. The minimum Gasteiger partial charge on any atom is -0.452 e. The molecule has 3 aromatic carbocycles. The molecule has 138 valence electrons. The van der Waals surface area contributed by atoms with Crippen molar-refractivity contribution in [3.63, 3.8) is 0 Å². The van der Waals surface area contributed by atoms with Gasteiger partial charge in [-0.3, -0.25) is 4.79 Å². The van der Waals surface area contributed by atoms with Crippen molar-refractivity contribution in [3.05, 3.63) is 101 Å². The number of ketones is 1. The fourth-order valence-electron chi connectivity index (χ4n) is 2.83. The van der Waals surface area contributed by atoms with Gasteiger partial charge < -0.3 is 9.47 Å². The summed E-state index contributed by atoms with van der Waals surface area (Å²) in [6.45, 7) is 1.98. The SMILES string of the molecule is Cc1ccc(/C=C2\Oc3cc(OC(=O)c4ccccc4F)ccc3C2=O)cc1. The second-order valence-electron chi connectivity index (χ2n) is 6.38. The summed E-state index contributed by atoms with van der Waals surface area (Å²) < 4.78 is 24.6. The van der Waals surface area contributed by atoms with E-state index in [4.69, 9.17) is 9.47 Å². The van der Waals surface area contributed by atoms with Crippen LogP contribution in [0.3, 0.4) is 0 Å². The van der Waals surface area contributed by atoms with Crippen LogP contribution in [0.1, 0.15) is 31.8 Å². The number of rotatable bonds is 3. The number of aryl methyl sites for hydroxylation is 1. The largest absolute Gasteiger partial charge is 0.452 e. The van der Waals surface area contributed by atoms with Crippen LogP contribution >= 0.6 is 0 Å². The number of carbonyl (C=O) groups excluding carboxylic acids is 2. The van der Waals surface area contributed by atoms with Crippen LogP contribution in [0.15, 0.2) is 72.5 Å². The molecular formula is C23H15FO4. The highest BCUT2D eigenvalue weighted by molar-refractivity contribution is 6.14. The first-order valence-corrected chi connectivity index (χ1v) is 8.63. The van der Waals surface area contributed by atoms with E-state index in [1.807, 2.05) is 31.2 Å². The number of hydrogen-bond donors (Lipinski definition) is 0. The van der Waals surface area contributed by atoms with Crippen LogP contribution in [0.5, 0.6) is 11.5 Å². The zero-order valence-electron chi connectivity index (χ0n) is 14.9. The second kappa shape index (κ2) is 7.12. The average Bonchev–Trinajstić information content (AvgIpc) is 2.99. The van der Waals surface area contributed by atoms with Gasteiger partial charge in [0.2, 0.25) is 5.78 Å². The smallest absolute Gasteiger partial charge is 0.346 e. The maximum absolute atomic E-state index is 13.7. The van der Waals surface area contributed by atoms with Gasteiger partial charge in [0.1, 0.15) is 17.3 Å². The molecule has 0 fully saturated rings. The normalized spacial score (nSPS) is 13.9. The van der Waals surface area contributed by atoms with E-state index in [1.165, 1.54) is 36.4 Å². The maximum Gasteiger partial charge on any atom is 0.346 e. The minimum absolute atomic E-state index is 0.163. The number of allylic oxidation sites excluding steroid dienone is 1. The summed E-state index contributed by atoms with van der Waals surface area (Å²) in [5, 5.41) is 0. The highest BCUT2D eigenvalue weighted by Crippen LogP contribution is 2.35. The first-order valence-electron chi connectivity index (χ1n) is 8.63. The van der Waals surface area contributed by atoms with Gasteiger partial charge in [0.25, 0.3) is 0 Å². The van der Waals surface area contributed by atoms with Gasteiger partial charge in [-0.05, 0) is 42.8 Å². The molecule has 0 amide bonds. The summed E-state index contributed by atoms with van der Waals surface area (Å²) in [4.78, 5) is 24.7. The lowest BCUT2D eigenvalue weighted by molar-refractivity contribution is 0.0729. The molecule has 4 nitrogen and oxygen atoms in total. The van der Waals surface area contributed by atoms with Gasteiger partial charge in [-0.1, -0.05) is 42.0 Å². The Morgan fingerprint density at radius 1 is 1.04 bits per heavy atom. The Bertz CT molecular complexity index is 1110. The van der Waals surface area contributed by atoms with Crippen LogP contribution < -0.4 is 9.47 Å². The van der Waals surface area contributed by atoms with E-state index in [0.717, 1.165) is 11.1 Å². The molecule has 0 spiro atoms. The first kappa shape index (κ1) is 17.7. The summed E-state index contributed by atoms with van der Waals surface area (Å²) in [6, 6.07) is 17.7. The van der Waals surface area contributed by atoms with Gasteiger partial charge in [-0.2, -0.15) is 0 Å². The van der Waals surface area contributed by atoms with E-state index >= 15 is 0 Å². The topological polar surface area (TPSA) is 52.6 Å². The highest BCUT2D eigenvalue weighted by Gasteiger charge is 2.28. The predicted molar refractivity (Wildman–Crippen MR) is 102 cm³/mol. The lowest BCUT2D eigenvalue weighted by Crippen LogP contribution is -2.10. The monoisotopic (exact) mass is 374 g/mol. The third-order valence-corrected chi connectivity index (χ3v) is 4.32. The van der Waals surface area contributed by atoms with Crippen molar-refractivity contribution in [1.82, 2.24) is 0 Å². The number of hydrogen-bond acceptors (Lipinski definition) is 4. The van der Waals surface area contributed by atoms with E-state index in [9.17, 15) is 14.0 Å². The van der Waals surface area contributed by atoms with Gasteiger partial charge in [0.05, 0.1) is 11.1 Å². The number of fused-ring (bicyclic) bond motifs is 1. The quantitative estimate of drug-likeness (QED) is 0.369. The van der Waals surface area contributed by atoms with Crippen LogP contribution in [-0.2, 0) is 0 Å². The molecule has 28 heavy (non-hydrogen) atoms. The lowest BCUT2D eigenvalue weighted by Gasteiger charge is -2.06. The fourth-order valence-corrected chi connectivity index (χ4v) is 2.83. The summed E-state index contributed by atoms with van der Waals surface area (Å²) in [6.07, 6.45) is 1.66. The number of esters is 1. The Morgan fingerprint density at radius 2 is 1.79 bits per heavy atom. The molecule has 0 saturated heterocycles. The van der Waals surface area contributed by atoms with Gasteiger partial charge in [0.15, 0.2) is 5.76 Å². The zero-order valence-corrected chi connectivity index (χ0v) is 14.9. The fraction of sp³-hybridized carbons (Fsp3) is 0.0435. The van der Waals surface area contributed by atoms with Crippen molar-refractivity contribution in [2.24, 2.45) is 0 Å². The van der Waals surface area contributed by atoms with Gasteiger partial charge in [0, 0.05) is 6.07 Å². The van der Waals surface area contributed by atoms with Crippen LogP contribution in [0.2, 0.25) is 0 Å². The van der Waals surface area contributed by atoms with E-state index in [-0.39, 0.29) is 22.9 Å². The molecule has 1 heterocycles. The Morgan fingerprint density at radius 3 is 2.54 bits per heavy atom. The molecule has 1 aliphatic rings. The van der Waals surface area contributed by atoms with E-state index in [2.05, 4.69) is 0 Å².